The van der Waals surface area contributed by atoms with E-state index in [1.165, 1.54) is 38.1 Å². The summed E-state index contributed by atoms with van der Waals surface area (Å²) in [5.41, 5.74) is 0. The van der Waals surface area contributed by atoms with Crippen molar-refractivity contribution in [3.63, 3.8) is 0 Å². The number of nitrogens with one attached hydrogen (secondary N) is 1. The first kappa shape index (κ1) is 15.3. The fourth-order valence-corrected chi connectivity index (χ4v) is 1.83. The average Bonchev–Trinajstić information content (AvgIpc) is 2.21. The second-order valence-corrected chi connectivity index (χ2v) is 5.36. The summed E-state index contributed by atoms with van der Waals surface area (Å²) in [5, 5.41) is 3.50. The van der Waals surface area contributed by atoms with Crippen molar-refractivity contribution in [2.45, 2.75) is 39.2 Å². The van der Waals surface area contributed by atoms with Crippen molar-refractivity contribution < 1.29 is 0 Å². The van der Waals surface area contributed by atoms with Crippen molar-refractivity contribution in [3.8, 4) is 0 Å². The molecule has 0 rings (SSSR count). The summed E-state index contributed by atoms with van der Waals surface area (Å²) in [5.74, 6) is 1.30. The molecule has 0 aromatic rings. The number of nitrogens with zero attached hydrogens (tertiary/aromatic N) is 1. The minimum atomic E-state index is 0.673. The SMILES string of the molecule is CSCCCCNCCCN(C)C(C)C. The van der Waals surface area contributed by atoms with Gasteiger partial charge < -0.3 is 10.2 Å². The molecule has 15 heavy (non-hydrogen) atoms. The third kappa shape index (κ3) is 10.6. The molecule has 0 atom stereocenters. The average molecular weight is 232 g/mol. The van der Waals surface area contributed by atoms with Gasteiger partial charge in [0, 0.05) is 6.04 Å². The van der Waals surface area contributed by atoms with E-state index in [0.29, 0.717) is 6.04 Å². The molecule has 1 N–H and O–H groups in total. The Labute approximate surface area is 100 Å². The van der Waals surface area contributed by atoms with Gasteiger partial charge in [-0.2, -0.15) is 11.8 Å². The largest absolute Gasteiger partial charge is 0.317 e. The number of unbranched alkanes of at least 4 members (excludes halogenated alkanes) is 1. The number of hydrogen-bond acceptors (Lipinski definition) is 3. The molecule has 0 bridgehead atoms. The maximum Gasteiger partial charge on any atom is 0.00355 e. The normalized spacial score (nSPS) is 11.6. The van der Waals surface area contributed by atoms with Gasteiger partial charge >= 0.3 is 0 Å². The Hall–Kier alpha value is 0.270. The summed E-state index contributed by atoms with van der Waals surface area (Å²) in [7, 11) is 2.20. The molecule has 0 heterocycles. The van der Waals surface area contributed by atoms with Gasteiger partial charge in [-0.05, 0) is 71.8 Å². The van der Waals surface area contributed by atoms with E-state index in [-0.39, 0.29) is 0 Å². The Morgan fingerprint density at radius 1 is 1.13 bits per heavy atom. The molecule has 0 fully saturated rings. The highest BCUT2D eigenvalue weighted by molar-refractivity contribution is 7.98. The molecule has 0 saturated carbocycles. The van der Waals surface area contributed by atoms with Gasteiger partial charge in [-0.1, -0.05) is 0 Å². The third-order valence-corrected chi connectivity index (χ3v) is 3.39. The van der Waals surface area contributed by atoms with Crippen molar-refractivity contribution in [1.82, 2.24) is 10.2 Å². The Kier molecular flexibility index (Phi) is 11.0. The molecule has 0 aromatic carbocycles. The number of hydrogen-bond donors (Lipinski definition) is 1. The monoisotopic (exact) mass is 232 g/mol. The van der Waals surface area contributed by atoms with Gasteiger partial charge in [-0.15, -0.1) is 0 Å². The van der Waals surface area contributed by atoms with Crippen molar-refractivity contribution in [1.29, 1.82) is 0 Å². The summed E-state index contributed by atoms with van der Waals surface area (Å²) in [6, 6.07) is 0.673. The zero-order valence-electron chi connectivity index (χ0n) is 10.9. The second kappa shape index (κ2) is 10.8. The highest BCUT2D eigenvalue weighted by Gasteiger charge is 2.01. The van der Waals surface area contributed by atoms with Crippen LogP contribution in [0.1, 0.15) is 33.1 Å². The quantitative estimate of drug-likeness (QED) is 0.583. The lowest BCUT2D eigenvalue weighted by molar-refractivity contribution is 0.269. The van der Waals surface area contributed by atoms with E-state index in [4.69, 9.17) is 0 Å². The summed E-state index contributed by atoms with van der Waals surface area (Å²) in [6.45, 7) is 8.05. The lowest BCUT2D eigenvalue weighted by Gasteiger charge is -2.20. The highest BCUT2D eigenvalue weighted by Crippen LogP contribution is 1.98. The molecule has 92 valence electrons. The molecule has 0 aliphatic carbocycles. The third-order valence-electron chi connectivity index (χ3n) is 2.70. The summed E-state index contributed by atoms with van der Waals surface area (Å²) in [4.78, 5) is 2.40. The molecule has 0 saturated heterocycles. The molecule has 0 radical (unpaired) electrons. The highest BCUT2D eigenvalue weighted by atomic mass is 32.2. The zero-order valence-corrected chi connectivity index (χ0v) is 11.7. The molecule has 0 amide bonds. The predicted molar refractivity (Wildman–Crippen MR) is 72.9 cm³/mol. The van der Waals surface area contributed by atoms with Gasteiger partial charge in [0.25, 0.3) is 0 Å². The van der Waals surface area contributed by atoms with Gasteiger partial charge in [-0.3, -0.25) is 0 Å². The fraction of sp³-hybridized carbons (Fsp3) is 1.00. The minimum absolute atomic E-state index is 0.673. The smallest absolute Gasteiger partial charge is 0.00355 e. The minimum Gasteiger partial charge on any atom is -0.317 e. The van der Waals surface area contributed by atoms with E-state index < -0.39 is 0 Å². The first-order valence-electron chi connectivity index (χ1n) is 6.08. The van der Waals surface area contributed by atoms with E-state index in [0.717, 1.165) is 6.54 Å². The van der Waals surface area contributed by atoms with Crippen LogP contribution in [-0.4, -0.2) is 49.6 Å². The van der Waals surface area contributed by atoms with Crippen molar-refractivity contribution >= 4 is 11.8 Å². The molecule has 0 aromatic heterocycles. The van der Waals surface area contributed by atoms with Gasteiger partial charge in [0.05, 0.1) is 0 Å². The van der Waals surface area contributed by atoms with Crippen LogP contribution in [-0.2, 0) is 0 Å². The molecule has 0 spiro atoms. The van der Waals surface area contributed by atoms with Crippen LogP contribution in [0.15, 0.2) is 0 Å². The Morgan fingerprint density at radius 3 is 2.40 bits per heavy atom. The van der Waals surface area contributed by atoms with Gasteiger partial charge in [-0.25, -0.2) is 0 Å². The Balaban J connectivity index is 3.05. The molecular formula is C12H28N2S. The van der Waals surface area contributed by atoms with E-state index in [1.807, 2.05) is 11.8 Å². The molecule has 0 aliphatic heterocycles. The first-order chi connectivity index (χ1) is 7.18. The Bertz CT molecular complexity index is 129. The number of rotatable bonds is 10. The van der Waals surface area contributed by atoms with Crippen LogP contribution in [0.3, 0.4) is 0 Å². The standard InChI is InChI=1S/C12H28N2S/c1-12(2)14(3)10-7-9-13-8-5-6-11-15-4/h12-13H,5-11H2,1-4H3. The van der Waals surface area contributed by atoms with Crippen LogP contribution in [0, 0.1) is 0 Å². The van der Waals surface area contributed by atoms with Crippen LogP contribution >= 0.6 is 11.8 Å². The number of thioether (sulfide) groups is 1. The lowest BCUT2D eigenvalue weighted by atomic mass is 10.3. The van der Waals surface area contributed by atoms with Crippen LogP contribution < -0.4 is 5.32 Å². The van der Waals surface area contributed by atoms with Gasteiger partial charge in [0.15, 0.2) is 0 Å². The molecule has 0 aliphatic rings. The fourth-order valence-electron chi connectivity index (χ4n) is 1.33. The van der Waals surface area contributed by atoms with Crippen molar-refractivity contribution in [2.75, 3.05) is 38.7 Å². The summed E-state index contributed by atoms with van der Waals surface area (Å²) >= 11 is 1.94. The maximum atomic E-state index is 3.50. The zero-order chi connectivity index (χ0) is 11.5. The van der Waals surface area contributed by atoms with Crippen LogP contribution in [0.25, 0.3) is 0 Å². The molecule has 3 heteroatoms. The topological polar surface area (TPSA) is 15.3 Å². The van der Waals surface area contributed by atoms with Crippen LogP contribution in [0.2, 0.25) is 0 Å². The summed E-state index contributed by atoms with van der Waals surface area (Å²) < 4.78 is 0. The van der Waals surface area contributed by atoms with E-state index >= 15 is 0 Å². The maximum absolute atomic E-state index is 3.50. The second-order valence-electron chi connectivity index (χ2n) is 4.38. The van der Waals surface area contributed by atoms with Crippen LogP contribution in [0.4, 0.5) is 0 Å². The van der Waals surface area contributed by atoms with Crippen LogP contribution in [0.5, 0.6) is 0 Å². The van der Waals surface area contributed by atoms with Gasteiger partial charge in [0.2, 0.25) is 0 Å². The van der Waals surface area contributed by atoms with Gasteiger partial charge in [0.1, 0.15) is 0 Å². The predicted octanol–water partition coefficient (Wildman–Crippen LogP) is 2.45. The van der Waals surface area contributed by atoms with Crippen molar-refractivity contribution in [2.24, 2.45) is 0 Å². The summed E-state index contributed by atoms with van der Waals surface area (Å²) in [6.07, 6.45) is 6.10. The molecule has 2 nitrogen and oxygen atoms in total. The Morgan fingerprint density at radius 2 is 1.80 bits per heavy atom. The van der Waals surface area contributed by atoms with Crippen molar-refractivity contribution in [3.05, 3.63) is 0 Å². The van der Waals surface area contributed by atoms with E-state index in [1.54, 1.807) is 0 Å². The van der Waals surface area contributed by atoms with E-state index in [9.17, 15) is 0 Å². The lowest BCUT2D eigenvalue weighted by Crippen LogP contribution is -2.29. The molecular weight excluding hydrogens is 204 g/mol. The van der Waals surface area contributed by atoms with E-state index in [2.05, 4.69) is 37.4 Å². The first-order valence-corrected chi connectivity index (χ1v) is 7.47. The molecule has 0 unspecified atom stereocenters.